The Hall–Kier alpha value is -1.22. The van der Waals surface area contributed by atoms with E-state index in [1.807, 2.05) is 0 Å². The average Bonchev–Trinajstić information content (AvgIpc) is 2.39. The molecule has 3 rings (SSSR count). The predicted octanol–water partition coefficient (Wildman–Crippen LogP) is 2.61. The summed E-state index contributed by atoms with van der Waals surface area (Å²) in [4.78, 5) is 2.57. The van der Waals surface area contributed by atoms with Gasteiger partial charge in [-0.2, -0.15) is 0 Å². The zero-order valence-corrected chi connectivity index (χ0v) is 10.9. The van der Waals surface area contributed by atoms with E-state index in [4.69, 9.17) is 0 Å². The van der Waals surface area contributed by atoms with Crippen LogP contribution < -0.4 is 0 Å². The predicted molar refractivity (Wildman–Crippen MR) is 71.1 cm³/mol. The van der Waals surface area contributed by atoms with Crippen LogP contribution in [0.3, 0.4) is 0 Å². The monoisotopic (exact) mass is 247 g/mol. The summed E-state index contributed by atoms with van der Waals surface area (Å²) in [6, 6.07) is 4.17. The summed E-state index contributed by atoms with van der Waals surface area (Å²) in [6.45, 7) is 4.55. The van der Waals surface area contributed by atoms with Crippen LogP contribution in [-0.4, -0.2) is 34.2 Å². The molecule has 2 atom stereocenters. The Morgan fingerprint density at radius 3 is 2.78 bits per heavy atom. The molecule has 0 unspecified atom stereocenters. The van der Waals surface area contributed by atoms with E-state index in [0.717, 1.165) is 13.0 Å². The standard InChI is InChI=1S/C15H21NO2/c1-2-16-7-3-4-11-12-9-15(18)14(17)8-10(12)5-6-13(11)16/h8-9,11,13,17-18H,2-7H2,1H3/t11-,13-/m1/s1. The molecule has 0 amide bonds. The summed E-state index contributed by atoms with van der Waals surface area (Å²) >= 11 is 0. The van der Waals surface area contributed by atoms with Gasteiger partial charge in [-0.05, 0) is 68.0 Å². The van der Waals surface area contributed by atoms with Crippen molar-refractivity contribution in [1.29, 1.82) is 0 Å². The van der Waals surface area contributed by atoms with Gasteiger partial charge in [0, 0.05) is 6.04 Å². The lowest BCUT2D eigenvalue weighted by Gasteiger charge is -2.44. The van der Waals surface area contributed by atoms with E-state index >= 15 is 0 Å². The number of piperidine rings is 1. The molecule has 0 spiro atoms. The second-order valence-electron chi connectivity index (χ2n) is 5.52. The number of aromatic hydroxyl groups is 2. The Labute approximate surface area is 108 Å². The first-order valence-electron chi connectivity index (χ1n) is 6.99. The Morgan fingerprint density at radius 1 is 1.22 bits per heavy atom. The summed E-state index contributed by atoms with van der Waals surface area (Å²) in [7, 11) is 0. The van der Waals surface area contributed by atoms with Crippen LogP contribution in [-0.2, 0) is 6.42 Å². The fraction of sp³-hybridized carbons (Fsp3) is 0.600. The number of nitrogens with zero attached hydrogens (tertiary/aromatic N) is 1. The van der Waals surface area contributed by atoms with Crippen LogP contribution in [0.2, 0.25) is 0 Å². The summed E-state index contributed by atoms with van der Waals surface area (Å²) in [5, 5.41) is 19.3. The van der Waals surface area contributed by atoms with E-state index in [1.165, 1.54) is 36.9 Å². The minimum absolute atomic E-state index is 0.0235. The molecular weight excluding hydrogens is 226 g/mol. The van der Waals surface area contributed by atoms with Gasteiger partial charge in [-0.15, -0.1) is 0 Å². The summed E-state index contributed by atoms with van der Waals surface area (Å²) in [5.41, 5.74) is 2.49. The molecule has 0 aromatic heterocycles. The largest absolute Gasteiger partial charge is 0.504 e. The van der Waals surface area contributed by atoms with Crippen LogP contribution in [0.4, 0.5) is 0 Å². The van der Waals surface area contributed by atoms with Crippen molar-refractivity contribution in [2.75, 3.05) is 13.1 Å². The molecule has 0 saturated carbocycles. The molecule has 2 N–H and O–H groups in total. The van der Waals surface area contributed by atoms with Crippen molar-refractivity contribution in [3.05, 3.63) is 23.3 Å². The normalized spacial score (nSPS) is 27.6. The molecule has 3 heteroatoms. The second-order valence-corrected chi connectivity index (χ2v) is 5.52. The first kappa shape index (κ1) is 11.8. The number of phenolic OH excluding ortho intramolecular Hbond substituents is 2. The van der Waals surface area contributed by atoms with Crippen LogP contribution in [0.15, 0.2) is 12.1 Å². The van der Waals surface area contributed by atoms with Crippen molar-refractivity contribution >= 4 is 0 Å². The molecular formula is C15H21NO2. The van der Waals surface area contributed by atoms with Gasteiger partial charge >= 0.3 is 0 Å². The van der Waals surface area contributed by atoms with Crippen molar-refractivity contribution < 1.29 is 10.2 Å². The van der Waals surface area contributed by atoms with Gasteiger partial charge in [-0.3, -0.25) is 0 Å². The topological polar surface area (TPSA) is 43.7 Å². The number of hydrogen-bond acceptors (Lipinski definition) is 3. The molecule has 1 fully saturated rings. The summed E-state index contributed by atoms with van der Waals surface area (Å²) in [5.74, 6) is 0.590. The lowest BCUT2D eigenvalue weighted by molar-refractivity contribution is 0.119. The van der Waals surface area contributed by atoms with E-state index < -0.39 is 0 Å². The zero-order chi connectivity index (χ0) is 12.7. The maximum Gasteiger partial charge on any atom is 0.157 e. The van der Waals surface area contributed by atoms with Crippen molar-refractivity contribution in [3.8, 4) is 11.5 Å². The van der Waals surface area contributed by atoms with Gasteiger partial charge in [0.05, 0.1) is 0 Å². The first-order chi connectivity index (χ1) is 8.70. The molecule has 3 nitrogen and oxygen atoms in total. The number of hydrogen-bond donors (Lipinski definition) is 2. The molecule has 98 valence electrons. The Bertz CT molecular complexity index is 458. The van der Waals surface area contributed by atoms with E-state index in [9.17, 15) is 10.2 Å². The number of likely N-dealkylation sites (tertiary alicyclic amines) is 1. The minimum Gasteiger partial charge on any atom is -0.504 e. The number of fused-ring (bicyclic) bond motifs is 3. The lowest BCUT2D eigenvalue weighted by Crippen LogP contribution is -2.46. The van der Waals surface area contributed by atoms with Gasteiger partial charge in [0.25, 0.3) is 0 Å². The van der Waals surface area contributed by atoms with Crippen LogP contribution in [0.1, 0.15) is 43.2 Å². The number of likely N-dealkylation sites (N-methyl/N-ethyl adjacent to an activating group) is 1. The van der Waals surface area contributed by atoms with Gasteiger partial charge in [0.15, 0.2) is 11.5 Å². The molecule has 2 aliphatic rings. The quantitative estimate of drug-likeness (QED) is 0.750. The maximum atomic E-state index is 9.73. The molecule has 1 aliphatic carbocycles. The van der Waals surface area contributed by atoms with E-state index in [2.05, 4.69) is 11.8 Å². The average molecular weight is 247 g/mol. The lowest BCUT2D eigenvalue weighted by atomic mass is 9.74. The van der Waals surface area contributed by atoms with E-state index in [-0.39, 0.29) is 11.5 Å². The molecule has 1 aliphatic heterocycles. The van der Waals surface area contributed by atoms with Crippen molar-refractivity contribution in [2.24, 2.45) is 0 Å². The molecule has 1 aromatic carbocycles. The fourth-order valence-electron chi connectivity index (χ4n) is 3.77. The second kappa shape index (κ2) is 4.47. The Balaban J connectivity index is 1.99. The van der Waals surface area contributed by atoms with Gasteiger partial charge in [-0.1, -0.05) is 6.92 Å². The third-order valence-corrected chi connectivity index (χ3v) is 4.65. The molecule has 0 radical (unpaired) electrons. The fourth-order valence-corrected chi connectivity index (χ4v) is 3.77. The first-order valence-corrected chi connectivity index (χ1v) is 6.99. The maximum absolute atomic E-state index is 9.73. The van der Waals surface area contributed by atoms with E-state index in [0.29, 0.717) is 12.0 Å². The third-order valence-electron chi connectivity index (χ3n) is 4.65. The number of rotatable bonds is 1. The SMILES string of the molecule is CCN1CCC[C@@H]2c3cc(O)c(O)cc3CC[C@H]21. The summed E-state index contributed by atoms with van der Waals surface area (Å²) in [6.07, 6.45) is 4.63. The van der Waals surface area contributed by atoms with Crippen LogP contribution in [0.5, 0.6) is 11.5 Å². The van der Waals surface area contributed by atoms with Gasteiger partial charge in [-0.25, -0.2) is 0 Å². The molecule has 0 bridgehead atoms. The van der Waals surface area contributed by atoms with Crippen LogP contribution in [0.25, 0.3) is 0 Å². The van der Waals surface area contributed by atoms with Crippen molar-refractivity contribution in [2.45, 2.75) is 44.6 Å². The van der Waals surface area contributed by atoms with E-state index in [1.54, 1.807) is 12.1 Å². The number of aryl methyl sites for hydroxylation is 1. The highest BCUT2D eigenvalue weighted by Gasteiger charge is 2.36. The Morgan fingerprint density at radius 2 is 2.00 bits per heavy atom. The molecule has 1 saturated heterocycles. The molecule has 1 aromatic rings. The van der Waals surface area contributed by atoms with Gasteiger partial charge in [0.1, 0.15) is 0 Å². The van der Waals surface area contributed by atoms with Gasteiger partial charge in [0.2, 0.25) is 0 Å². The van der Waals surface area contributed by atoms with Crippen LogP contribution >= 0.6 is 0 Å². The highest BCUT2D eigenvalue weighted by atomic mass is 16.3. The molecule has 18 heavy (non-hydrogen) atoms. The van der Waals surface area contributed by atoms with Gasteiger partial charge < -0.3 is 15.1 Å². The smallest absolute Gasteiger partial charge is 0.157 e. The Kier molecular flexibility index (Phi) is 2.94. The highest BCUT2D eigenvalue weighted by molar-refractivity contribution is 5.48. The third kappa shape index (κ3) is 1.77. The van der Waals surface area contributed by atoms with Crippen molar-refractivity contribution in [3.63, 3.8) is 0 Å². The highest BCUT2D eigenvalue weighted by Crippen LogP contribution is 2.43. The summed E-state index contributed by atoms with van der Waals surface area (Å²) < 4.78 is 0. The minimum atomic E-state index is 0.0235. The molecule has 1 heterocycles. The zero-order valence-electron chi connectivity index (χ0n) is 10.9. The number of phenols is 2. The van der Waals surface area contributed by atoms with Crippen molar-refractivity contribution in [1.82, 2.24) is 4.90 Å². The van der Waals surface area contributed by atoms with Crippen LogP contribution in [0, 0.1) is 0 Å². The number of benzene rings is 1.